The van der Waals surface area contributed by atoms with E-state index < -0.39 is 5.60 Å². The van der Waals surface area contributed by atoms with Crippen LogP contribution in [0.25, 0.3) is 10.4 Å². The second-order valence-electron chi connectivity index (χ2n) is 6.18. The van der Waals surface area contributed by atoms with Crippen molar-refractivity contribution in [1.29, 1.82) is 0 Å². The molecule has 0 spiro atoms. The molecule has 108 valence electrons. The summed E-state index contributed by atoms with van der Waals surface area (Å²) in [7, 11) is 0. The van der Waals surface area contributed by atoms with E-state index in [9.17, 15) is 4.79 Å². The summed E-state index contributed by atoms with van der Waals surface area (Å²) in [5.41, 5.74) is 7.84. The maximum atomic E-state index is 11.5. The Balaban J connectivity index is 2.19. The van der Waals surface area contributed by atoms with Gasteiger partial charge in [0.2, 0.25) is 0 Å². The maximum absolute atomic E-state index is 11.5. The number of amides is 1. The third-order valence-electron chi connectivity index (χ3n) is 3.30. The van der Waals surface area contributed by atoms with Gasteiger partial charge in [0.15, 0.2) is 0 Å². The van der Waals surface area contributed by atoms with Gasteiger partial charge in [-0.15, -0.1) is 0 Å². The van der Waals surface area contributed by atoms with Crippen LogP contribution in [0.3, 0.4) is 0 Å². The summed E-state index contributed by atoms with van der Waals surface area (Å²) in [5, 5.41) is 6.45. The number of hydrogen-bond acceptors (Lipinski definition) is 3. The maximum Gasteiger partial charge on any atom is 0.407 e. The van der Waals surface area contributed by atoms with Crippen molar-refractivity contribution in [3.8, 4) is 0 Å². The first-order chi connectivity index (χ1) is 8.90. The SMILES string of the molecule is CC(C)(C)OC(=O)NCC1CCC(CN=[N+]=[N-])CC1. The van der Waals surface area contributed by atoms with E-state index in [1.54, 1.807) is 0 Å². The lowest BCUT2D eigenvalue weighted by Gasteiger charge is -2.28. The molecule has 0 unspecified atom stereocenters. The average Bonchev–Trinajstić information content (AvgIpc) is 2.33. The van der Waals surface area contributed by atoms with Crippen molar-refractivity contribution in [3.05, 3.63) is 10.4 Å². The summed E-state index contributed by atoms with van der Waals surface area (Å²) in [4.78, 5) is 14.3. The Morgan fingerprint density at radius 1 is 1.32 bits per heavy atom. The molecule has 1 amide bonds. The zero-order chi connectivity index (χ0) is 14.3. The molecule has 0 aliphatic heterocycles. The highest BCUT2D eigenvalue weighted by Crippen LogP contribution is 2.28. The molecule has 1 N–H and O–H groups in total. The van der Waals surface area contributed by atoms with Crippen LogP contribution in [0, 0.1) is 11.8 Å². The molecular weight excluding hydrogens is 244 g/mol. The van der Waals surface area contributed by atoms with E-state index >= 15 is 0 Å². The Morgan fingerprint density at radius 2 is 1.89 bits per heavy atom. The number of carbonyl (C=O) groups excluding carboxylic acids is 1. The fraction of sp³-hybridized carbons (Fsp3) is 0.923. The van der Waals surface area contributed by atoms with E-state index in [1.165, 1.54) is 0 Å². The molecule has 1 aliphatic carbocycles. The lowest BCUT2D eigenvalue weighted by atomic mass is 9.82. The van der Waals surface area contributed by atoms with Gasteiger partial charge in [0, 0.05) is 18.0 Å². The molecule has 6 heteroatoms. The Labute approximate surface area is 114 Å². The fourth-order valence-electron chi connectivity index (χ4n) is 2.31. The molecule has 0 saturated heterocycles. The van der Waals surface area contributed by atoms with E-state index in [2.05, 4.69) is 15.3 Å². The number of rotatable bonds is 4. The van der Waals surface area contributed by atoms with Crippen molar-refractivity contribution in [2.75, 3.05) is 13.1 Å². The number of nitrogens with one attached hydrogen (secondary N) is 1. The van der Waals surface area contributed by atoms with Gasteiger partial charge in [-0.2, -0.15) is 0 Å². The number of hydrogen-bond donors (Lipinski definition) is 1. The van der Waals surface area contributed by atoms with Crippen LogP contribution in [0.4, 0.5) is 4.79 Å². The minimum absolute atomic E-state index is 0.344. The first kappa shape index (κ1) is 15.6. The van der Waals surface area contributed by atoms with Crippen LogP contribution in [0.15, 0.2) is 5.11 Å². The van der Waals surface area contributed by atoms with E-state index in [0.717, 1.165) is 25.7 Å². The van der Waals surface area contributed by atoms with Gasteiger partial charge >= 0.3 is 6.09 Å². The first-order valence-corrected chi connectivity index (χ1v) is 6.88. The molecule has 0 bridgehead atoms. The second kappa shape index (κ2) is 7.24. The summed E-state index contributed by atoms with van der Waals surface area (Å²) >= 11 is 0. The van der Waals surface area contributed by atoms with E-state index in [4.69, 9.17) is 10.3 Å². The third-order valence-corrected chi connectivity index (χ3v) is 3.30. The molecule has 6 nitrogen and oxygen atoms in total. The van der Waals surface area contributed by atoms with Crippen molar-refractivity contribution in [2.45, 2.75) is 52.1 Å². The highest BCUT2D eigenvalue weighted by molar-refractivity contribution is 5.67. The summed E-state index contributed by atoms with van der Waals surface area (Å²) in [5.74, 6) is 1.02. The van der Waals surface area contributed by atoms with Gasteiger partial charge in [-0.3, -0.25) is 0 Å². The molecule has 1 fully saturated rings. The minimum atomic E-state index is -0.447. The zero-order valence-electron chi connectivity index (χ0n) is 12.1. The van der Waals surface area contributed by atoms with Crippen LogP contribution >= 0.6 is 0 Å². The predicted octanol–water partition coefficient (Wildman–Crippen LogP) is 3.63. The van der Waals surface area contributed by atoms with E-state index in [0.29, 0.717) is 24.9 Å². The Kier molecular flexibility index (Phi) is 5.96. The van der Waals surface area contributed by atoms with Crippen molar-refractivity contribution in [3.63, 3.8) is 0 Å². The van der Waals surface area contributed by atoms with Crippen LogP contribution in [0.2, 0.25) is 0 Å². The fourth-order valence-corrected chi connectivity index (χ4v) is 2.31. The molecule has 19 heavy (non-hydrogen) atoms. The molecular formula is C13H24N4O2. The molecule has 0 aromatic heterocycles. The summed E-state index contributed by atoms with van der Waals surface area (Å²) in [6.45, 7) is 6.83. The van der Waals surface area contributed by atoms with Crippen molar-refractivity contribution in [2.24, 2.45) is 17.0 Å². The third kappa shape index (κ3) is 6.91. The van der Waals surface area contributed by atoms with Crippen molar-refractivity contribution in [1.82, 2.24) is 5.32 Å². The smallest absolute Gasteiger partial charge is 0.407 e. The summed E-state index contributed by atoms with van der Waals surface area (Å²) in [6.07, 6.45) is 3.94. The number of nitrogens with zero attached hydrogens (tertiary/aromatic N) is 3. The van der Waals surface area contributed by atoms with Crippen molar-refractivity contribution < 1.29 is 9.53 Å². The topological polar surface area (TPSA) is 87.1 Å². The molecule has 0 heterocycles. The van der Waals surface area contributed by atoms with Gasteiger partial charge in [0.1, 0.15) is 5.60 Å². The average molecular weight is 268 g/mol. The lowest BCUT2D eigenvalue weighted by Crippen LogP contribution is -2.36. The molecule has 0 aromatic carbocycles. The van der Waals surface area contributed by atoms with E-state index in [1.807, 2.05) is 20.8 Å². The number of carbonyl (C=O) groups is 1. The van der Waals surface area contributed by atoms with Gasteiger partial charge < -0.3 is 10.1 Å². The van der Waals surface area contributed by atoms with Gasteiger partial charge in [0.05, 0.1) is 0 Å². The highest BCUT2D eigenvalue weighted by atomic mass is 16.6. The minimum Gasteiger partial charge on any atom is -0.444 e. The molecule has 0 aromatic rings. The van der Waals surface area contributed by atoms with Gasteiger partial charge in [-0.05, 0) is 63.8 Å². The number of alkyl carbamates (subject to hydrolysis) is 1. The Morgan fingerprint density at radius 3 is 2.42 bits per heavy atom. The van der Waals surface area contributed by atoms with Crippen LogP contribution in [-0.4, -0.2) is 24.8 Å². The van der Waals surface area contributed by atoms with Gasteiger partial charge in [0.25, 0.3) is 0 Å². The van der Waals surface area contributed by atoms with Crippen LogP contribution in [0.1, 0.15) is 46.5 Å². The van der Waals surface area contributed by atoms with E-state index in [-0.39, 0.29) is 6.09 Å². The van der Waals surface area contributed by atoms with Crippen LogP contribution < -0.4 is 5.32 Å². The molecule has 0 atom stereocenters. The first-order valence-electron chi connectivity index (χ1n) is 6.88. The standard InChI is InChI=1S/C13H24N4O2/c1-13(2,3)19-12(18)15-8-10-4-6-11(7-5-10)9-16-17-14/h10-11H,4-9H2,1-3H3,(H,15,18). The summed E-state index contributed by atoms with van der Waals surface area (Å²) < 4.78 is 5.20. The Hall–Kier alpha value is -1.42. The summed E-state index contributed by atoms with van der Waals surface area (Å²) in [6, 6.07) is 0. The monoisotopic (exact) mass is 268 g/mol. The lowest BCUT2D eigenvalue weighted by molar-refractivity contribution is 0.0513. The Bertz CT molecular complexity index is 337. The molecule has 1 saturated carbocycles. The predicted molar refractivity (Wildman–Crippen MR) is 73.7 cm³/mol. The van der Waals surface area contributed by atoms with Gasteiger partial charge in [-0.25, -0.2) is 4.79 Å². The molecule has 1 rings (SSSR count). The van der Waals surface area contributed by atoms with Crippen LogP contribution in [0.5, 0.6) is 0 Å². The molecule has 1 aliphatic rings. The number of azide groups is 1. The molecule has 0 radical (unpaired) electrons. The zero-order valence-corrected chi connectivity index (χ0v) is 12.1. The normalized spacial score (nSPS) is 23.3. The largest absolute Gasteiger partial charge is 0.444 e. The van der Waals surface area contributed by atoms with Crippen LogP contribution in [-0.2, 0) is 4.74 Å². The van der Waals surface area contributed by atoms with Gasteiger partial charge in [-0.1, -0.05) is 5.11 Å². The number of ether oxygens (including phenoxy) is 1. The van der Waals surface area contributed by atoms with Crippen molar-refractivity contribution >= 4 is 6.09 Å². The highest BCUT2D eigenvalue weighted by Gasteiger charge is 2.22. The second-order valence-corrected chi connectivity index (χ2v) is 6.18. The quantitative estimate of drug-likeness (QED) is 0.479.